The summed E-state index contributed by atoms with van der Waals surface area (Å²) in [6, 6.07) is 13.0. The summed E-state index contributed by atoms with van der Waals surface area (Å²) in [6.45, 7) is 8.57. The third-order valence-corrected chi connectivity index (χ3v) is 5.66. The van der Waals surface area contributed by atoms with Gasteiger partial charge in [-0.05, 0) is 61.2 Å². The monoisotopic (exact) mass is 436 g/mol. The van der Waals surface area contributed by atoms with Crippen LogP contribution in [0.4, 0.5) is 11.4 Å². The average Bonchev–Trinajstić information content (AvgIpc) is 2.73. The summed E-state index contributed by atoms with van der Waals surface area (Å²) in [6.07, 6.45) is 2.44. The van der Waals surface area contributed by atoms with E-state index in [4.69, 9.17) is 0 Å². The maximum atomic E-state index is 12.9. The van der Waals surface area contributed by atoms with Crippen LogP contribution in [0.2, 0.25) is 0 Å². The summed E-state index contributed by atoms with van der Waals surface area (Å²) in [5, 5.41) is 8.32. The van der Waals surface area contributed by atoms with Crippen LogP contribution in [0.15, 0.2) is 42.5 Å². The lowest BCUT2D eigenvalue weighted by Gasteiger charge is -2.30. The molecule has 0 atom stereocenters. The predicted octanol–water partition coefficient (Wildman–Crippen LogP) is 3.77. The molecule has 170 valence electrons. The number of nitrogens with one attached hydrogen (secondary N) is 3. The van der Waals surface area contributed by atoms with Gasteiger partial charge in [0.1, 0.15) is 0 Å². The molecule has 3 N–H and O–H groups in total. The van der Waals surface area contributed by atoms with E-state index in [-0.39, 0.29) is 17.7 Å². The van der Waals surface area contributed by atoms with Gasteiger partial charge in [0, 0.05) is 43.9 Å². The van der Waals surface area contributed by atoms with E-state index >= 15 is 0 Å². The van der Waals surface area contributed by atoms with Gasteiger partial charge in [0.05, 0.1) is 0 Å². The number of piperidine rings is 1. The fraction of sp³-hybridized carbons (Fsp3) is 0.400. The van der Waals surface area contributed by atoms with E-state index in [1.54, 1.807) is 18.2 Å². The number of carbonyl (C=O) groups excluding carboxylic acids is 3. The van der Waals surface area contributed by atoms with Crippen molar-refractivity contribution in [3.63, 3.8) is 0 Å². The van der Waals surface area contributed by atoms with E-state index in [2.05, 4.69) is 33.8 Å². The van der Waals surface area contributed by atoms with Crippen molar-refractivity contribution in [2.24, 2.45) is 5.92 Å². The van der Waals surface area contributed by atoms with Crippen LogP contribution in [0.3, 0.4) is 0 Å². The highest BCUT2D eigenvalue weighted by Gasteiger charge is 2.17. The fourth-order valence-corrected chi connectivity index (χ4v) is 3.93. The van der Waals surface area contributed by atoms with Crippen LogP contribution in [-0.4, -0.2) is 35.7 Å². The van der Waals surface area contributed by atoms with E-state index in [9.17, 15) is 14.4 Å². The molecule has 32 heavy (non-hydrogen) atoms. The van der Waals surface area contributed by atoms with Crippen molar-refractivity contribution in [3.8, 4) is 0 Å². The number of benzene rings is 2. The van der Waals surface area contributed by atoms with Gasteiger partial charge in [0.15, 0.2) is 0 Å². The molecular formula is C25H32N4O3. The molecule has 3 rings (SSSR count). The van der Waals surface area contributed by atoms with Crippen molar-refractivity contribution < 1.29 is 14.4 Å². The Kier molecular flexibility index (Phi) is 8.00. The SMILES string of the molecule is CC(=O)Nc1cc(NC(C)=O)cc(C(=O)NCc2ccccc2CN2CCC(C)CC2)c1. The smallest absolute Gasteiger partial charge is 0.251 e. The van der Waals surface area contributed by atoms with Crippen LogP contribution in [0.1, 0.15) is 55.1 Å². The molecule has 7 nitrogen and oxygen atoms in total. The molecule has 1 heterocycles. The first-order valence-electron chi connectivity index (χ1n) is 11.1. The Bertz CT molecular complexity index is 947. The molecule has 1 saturated heterocycles. The molecule has 0 aromatic heterocycles. The molecule has 0 bridgehead atoms. The second-order valence-corrected chi connectivity index (χ2v) is 8.57. The zero-order valence-electron chi connectivity index (χ0n) is 19.0. The molecule has 7 heteroatoms. The Labute approximate surface area is 189 Å². The van der Waals surface area contributed by atoms with Crippen LogP contribution in [0.25, 0.3) is 0 Å². The minimum absolute atomic E-state index is 0.252. The van der Waals surface area contributed by atoms with Crippen molar-refractivity contribution in [2.75, 3.05) is 23.7 Å². The number of hydrogen-bond donors (Lipinski definition) is 3. The topological polar surface area (TPSA) is 90.5 Å². The Morgan fingerprint density at radius 2 is 1.47 bits per heavy atom. The Hall–Kier alpha value is -3.19. The average molecular weight is 437 g/mol. The summed E-state index contributed by atoms with van der Waals surface area (Å²) < 4.78 is 0. The zero-order valence-corrected chi connectivity index (χ0v) is 19.0. The minimum Gasteiger partial charge on any atom is -0.348 e. The maximum Gasteiger partial charge on any atom is 0.251 e. The first kappa shape index (κ1) is 23.5. The highest BCUT2D eigenvalue weighted by atomic mass is 16.2. The molecule has 0 radical (unpaired) electrons. The zero-order chi connectivity index (χ0) is 23.1. The minimum atomic E-state index is -0.273. The first-order valence-corrected chi connectivity index (χ1v) is 11.1. The number of nitrogens with zero attached hydrogens (tertiary/aromatic N) is 1. The second-order valence-electron chi connectivity index (χ2n) is 8.57. The molecule has 1 aliphatic rings. The van der Waals surface area contributed by atoms with Crippen molar-refractivity contribution in [3.05, 3.63) is 59.2 Å². The number of rotatable bonds is 7. The van der Waals surface area contributed by atoms with Crippen LogP contribution in [0, 0.1) is 5.92 Å². The molecular weight excluding hydrogens is 404 g/mol. The van der Waals surface area contributed by atoms with E-state index < -0.39 is 0 Å². The fourth-order valence-electron chi connectivity index (χ4n) is 3.93. The molecule has 3 amide bonds. The lowest BCUT2D eigenvalue weighted by atomic mass is 9.98. The molecule has 0 saturated carbocycles. The summed E-state index contributed by atoms with van der Waals surface area (Å²) >= 11 is 0. The van der Waals surface area contributed by atoms with Gasteiger partial charge in [-0.25, -0.2) is 0 Å². The van der Waals surface area contributed by atoms with Gasteiger partial charge >= 0.3 is 0 Å². The van der Waals surface area contributed by atoms with Crippen LogP contribution < -0.4 is 16.0 Å². The molecule has 0 aliphatic carbocycles. The van der Waals surface area contributed by atoms with Crippen molar-refractivity contribution >= 4 is 29.1 Å². The van der Waals surface area contributed by atoms with Crippen molar-refractivity contribution in [1.29, 1.82) is 0 Å². The van der Waals surface area contributed by atoms with Crippen molar-refractivity contribution in [1.82, 2.24) is 10.2 Å². The summed E-state index contributed by atoms with van der Waals surface area (Å²) in [7, 11) is 0. The van der Waals surface area contributed by atoms with Crippen molar-refractivity contribution in [2.45, 2.75) is 46.7 Å². The van der Waals surface area contributed by atoms with Gasteiger partial charge < -0.3 is 16.0 Å². The lowest BCUT2D eigenvalue weighted by Crippen LogP contribution is -2.33. The van der Waals surface area contributed by atoms with E-state index in [1.807, 2.05) is 18.2 Å². The Balaban J connectivity index is 1.70. The van der Waals surface area contributed by atoms with Gasteiger partial charge in [0.25, 0.3) is 5.91 Å². The second kappa shape index (κ2) is 10.9. The Morgan fingerprint density at radius 3 is 2.03 bits per heavy atom. The standard InChI is InChI=1S/C25H32N4O3/c1-17-8-10-29(11-9-17)16-21-7-5-4-6-20(21)15-26-25(32)22-12-23(27-18(2)30)14-24(13-22)28-19(3)31/h4-7,12-14,17H,8-11,15-16H2,1-3H3,(H,26,32)(H,27,30)(H,28,31). The van der Waals surface area contributed by atoms with Gasteiger partial charge in [0.2, 0.25) is 11.8 Å². The molecule has 2 aromatic carbocycles. The largest absolute Gasteiger partial charge is 0.348 e. The van der Waals surface area contributed by atoms with E-state index in [0.717, 1.165) is 31.1 Å². The predicted molar refractivity (Wildman–Crippen MR) is 126 cm³/mol. The van der Waals surface area contributed by atoms with Gasteiger partial charge in [-0.15, -0.1) is 0 Å². The van der Waals surface area contributed by atoms with Crippen LogP contribution >= 0.6 is 0 Å². The van der Waals surface area contributed by atoms with E-state index in [0.29, 0.717) is 23.5 Å². The highest BCUT2D eigenvalue weighted by molar-refractivity contribution is 5.99. The first-order chi connectivity index (χ1) is 15.3. The number of likely N-dealkylation sites (tertiary alicyclic amines) is 1. The maximum absolute atomic E-state index is 12.9. The van der Waals surface area contributed by atoms with Gasteiger partial charge in [-0.2, -0.15) is 0 Å². The summed E-state index contributed by atoms with van der Waals surface area (Å²) in [5.41, 5.74) is 3.57. The lowest BCUT2D eigenvalue weighted by molar-refractivity contribution is -0.115. The van der Waals surface area contributed by atoms with E-state index in [1.165, 1.54) is 32.3 Å². The molecule has 1 fully saturated rings. The third kappa shape index (κ3) is 6.92. The van der Waals surface area contributed by atoms with Crippen LogP contribution in [-0.2, 0) is 22.7 Å². The number of amides is 3. The van der Waals surface area contributed by atoms with Gasteiger partial charge in [-0.3, -0.25) is 19.3 Å². The molecule has 0 unspecified atom stereocenters. The quantitative estimate of drug-likeness (QED) is 0.616. The highest BCUT2D eigenvalue weighted by Crippen LogP contribution is 2.21. The van der Waals surface area contributed by atoms with Gasteiger partial charge in [-0.1, -0.05) is 31.2 Å². The Morgan fingerprint density at radius 1 is 0.906 bits per heavy atom. The molecule has 0 spiro atoms. The summed E-state index contributed by atoms with van der Waals surface area (Å²) in [5.74, 6) is 0.0107. The molecule has 2 aromatic rings. The normalized spacial score (nSPS) is 14.6. The molecule has 1 aliphatic heterocycles. The third-order valence-electron chi connectivity index (χ3n) is 5.66. The number of anilines is 2. The van der Waals surface area contributed by atoms with Crippen LogP contribution in [0.5, 0.6) is 0 Å². The number of carbonyl (C=O) groups is 3. The summed E-state index contributed by atoms with van der Waals surface area (Å²) in [4.78, 5) is 38.3. The number of hydrogen-bond acceptors (Lipinski definition) is 4.